The molecule has 0 spiro atoms. The minimum Gasteiger partial charge on any atom is -0.488 e. The number of ether oxygens (including phenoxy) is 1. The van der Waals surface area contributed by atoms with Gasteiger partial charge in [0.1, 0.15) is 29.8 Å². The number of aromatic nitrogens is 1. The fourth-order valence-corrected chi connectivity index (χ4v) is 3.46. The van der Waals surface area contributed by atoms with Crippen LogP contribution in [0.3, 0.4) is 0 Å². The average Bonchev–Trinajstić information content (AvgIpc) is 3.18. The van der Waals surface area contributed by atoms with Crippen LogP contribution in [0.15, 0.2) is 78.2 Å². The molecule has 1 aromatic heterocycles. The summed E-state index contributed by atoms with van der Waals surface area (Å²) in [6.07, 6.45) is -0.105. The number of benzene rings is 2. The Morgan fingerprint density at radius 3 is 2.39 bits per heavy atom. The Hall–Kier alpha value is -4.21. The van der Waals surface area contributed by atoms with Gasteiger partial charge in [-0.2, -0.15) is 13.2 Å². The smallest absolute Gasteiger partial charge is 0.416 e. The maximum absolute atomic E-state index is 14.2. The van der Waals surface area contributed by atoms with E-state index in [1.807, 2.05) is 0 Å². The summed E-state index contributed by atoms with van der Waals surface area (Å²) in [6, 6.07) is 8.79. The van der Waals surface area contributed by atoms with E-state index in [2.05, 4.69) is 0 Å². The van der Waals surface area contributed by atoms with Crippen LogP contribution in [0.2, 0.25) is 0 Å². The average molecular weight is 538 g/mol. The van der Waals surface area contributed by atoms with E-state index in [0.29, 0.717) is 11.8 Å². The van der Waals surface area contributed by atoms with Crippen molar-refractivity contribution in [3.63, 3.8) is 0 Å². The van der Waals surface area contributed by atoms with Gasteiger partial charge < -0.3 is 14.4 Å². The molecular formula is C28H25F6NO3. The highest BCUT2D eigenvalue weighted by molar-refractivity contribution is 5.91. The molecule has 0 aliphatic rings. The summed E-state index contributed by atoms with van der Waals surface area (Å²) in [5.74, 6) is -4.13. The number of hydrogen-bond donors (Lipinski definition) is 1. The standard InChI is InChI=1S/C27H21F6NO3.CH4/c1-3-20(26(35)36)22(29)5-4-12-34-16(2)6-10-24(34)21-13-18(27(31,32)33)8-11-25(21)37-15-17-7-9-19(28)14-23(17)30;/h3-14H,15H2,1-2H3,(H,35,36);1H4/b12-4+,20-3+,22-5+;. The third-order valence-electron chi connectivity index (χ3n) is 5.36. The third kappa shape index (κ3) is 6.96. The zero-order valence-electron chi connectivity index (χ0n) is 19.6. The van der Waals surface area contributed by atoms with E-state index in [9.17, 15) is 31.1 Å². The first-order valence-electron chi connectivity index (χ1n) is 10.8. The Morgan fingerprint density at radius 1 is 1.08 bits per heavy atom. The van der Waals surface area contributed by atoms with E-state index in [1.165, 1.54) is 35.9 Å². The lowest BCUT2D eigenvalue weighted by Crippen LogP contribution is -2.07. The van der Waals surface area contributed by atoms with Gasteiger partial charge in [0.2, 0.25) is 0 Å². The number of alkyl halides is 3. The van der Waals surface area contributed by atoms with Gasteiger partial charge in [-0.25, -0.2) is 18.0 Å². The van der Waals surface area contributed by atoms with Crippen molar-refractivity contribution in [3.8, 4) is 17.0 Å². The third-order valence-corrected chi connectivity index (χ3v) is 5.36. The predicted octanol–water partition coefficient (Wildman–Crippen LogP) is 8.33. The van der Waals surface area contributed by atoms with Gasteiger partial charge in [-0.3, -0.25) is 0 Å². The second kappa shape index (κ2) is 12.4. The van der Waals surface area contributed by atoms with Crippen molar-refractivity contribution in [3.05, 3.63) is 107 Å². The van der Waals surface area contributed by atoms with Crippen molar-refractivity contribution in [1.82, 2.24) is 4.57 Å². The molecule has 0 amide bonds. The van der Waals surface area contributed by atoms with E-state index in [1.54, 1.807) is 13.0 Å². The van der Waals surface area contributed by atoms with Gasteiger partial charge in [0.15, 0.2) is 0 Å². The van der Waals surface area contributed by atoms with Crippen LogP contribution in [0.5, 0.6) is 5.75 Å². The van der Waals surface area contributed by atoms with Crippen LogP contribution in [0, 0.1) is 18.6 Å². The van der Waals surface area contributed by atoms with Gasteiger partial charge in [0.25, 0.3) is 0 Å². The van der Waals surface area contributed by atoms with Crippen LogP contribution in [0.1, 0.15) is 31.2 Å². The number of allylic oxidation sites excluding steroid dienone is 3. The topological polar surface area (TPSA) is 51.5 Å². The van der Waals surface area contributed by atoms with Crippen LogP contribution >= 0.6 is 0 Å². The van der Waals surface area contributed by atoms with Crippen molar-refractivity contribution < 1.29 is 41.0 Å². The molecule has 202 valence electrons. The molecule has 0 atom stereocenters. The van der Waals surface area contributed by atoms with Crippen molar-refractivity contribution in [2.24, 2.45) is 0 Å². The first kappa shape index (κ1) is 30.0. The molecule has 0 aliphatic carbocycles. The zero-order chi connectivity index (χ0) is 27.3. The number of hydrogen-bond acceptors (Lipinski definition) is 2. The summed E-state index contributed by atoms with van der Waals surface area (Å²) in [5, 5.41) is 9.02. The molecule has 0 bridgehead atoms. The predicted molar refractivity (Wildman–Crippen MR) is 133 cm³/mol. The van der Waals surface area contributed by atoms with Gasteiger partial charge in [-0.15, -0.1) is 0 Å². The van der Waals surface area contributed by atoms with Crippen LogP contribution in [0.4, 0.5) is 26.3 Å². The van der Waals surface area contributed by atoms with Crippen molar-refractivity contribution >= 4 is 12.2 Å². The Bertz CT molecular complexity index is 1400. The Labute approximate surface area is 215 Å². The molecule has 0 radical (unpaired) electrons. The first-order chi connectivity index (χ1) is 17.4. The number of aryl methyl sites for hydroxylation is 1. The van der Waals surface area contributed by atoms with Gasteiger partial charge >= 0.3 is 12.1 Å². The number of aliphatic carboxylic acids is 1. The molecule has 0 aliphatic heterocycles. The highest BCUT2D eigenvalue weighted by Crippen LogP contribution is 2.38. The van der Waals surface area contributed by atoms with Gasteiger partial charge in [-0.05, 0) is 68.5 Å². The number of nitrogens with zero attached hydrogens (tertiary/aromatic N) is 1. The molecule has 0 saturated carbocycles. The summed E-state index contributed by atoms with van der Waals surface area (Å²) < 4.78 is 89.0. The molecular weight excluding hydrogens is 512 g/mol. The fourth-order valence-electron chi connectivity index (χ4n) is 3.46. The highest BCUT2D eigenvalue weighted by atomic mass is 19.4. The second-order valence-electron chi connectivity index (χ2n) is 7.83. The van der Waals surface area contributed by atoms with Crippen LogP contribution in [-0.4, -0.2) is 15.6 Å². The number of rotatable bonds is 8. The summed E-state index contributed by atoms with van der Waals surface area (Å²) in [6.45, 7) is 2.64. The van der Waals surface area contributed by atoms with Gasteiger partial charge in [-0.1, -0.05) is 13.5 Å². The Morgan fingerprint density at radius 2 is 1.79 bits per heavy atom. The van der Waals surface area contributed by atoms with E-state index in [0.717, 1.165) is 36.4 Å². The summed E-state index contributed by atoms with van der Waals surface area (Å²) in [4.78, 5) is 11.1. The molecule has 0 unspecified atom stereocenters. The number of halogens is 6. The largest absolute Gasteiger partial charge is 0.488 e. The monoisotopic (exact) mass is 537 g/mol. The van der Waals surface area contributed by atoms with Crippen molar-refractivity contribution in [2.45, 2.75) is 34.1 Å². The maximum atomic E-state index is 14.2. The van der Waals surface area contributed by atoms with E-state index >= 15 is 0 Å². The minimum absolute atomic E-state index is 0. The molecule has 1 heterocycles. The lowest BCUT2D eigenvalue weighted by atomic mass is 10.1. The number of carboxylic acid groups (broad SMARTS) is 1. The van der Waals surface area contributed by atoms with E-state index < -0.39 is 40.7 Å². The summed E-state index contributed by atoms with van der Waals surface area (Å²) in [5.41, 5.74) is -0.681. The maximum Gasteiger partial charge on any atom is 0.416 e. The minimum atomic E-state index is -4.66. The molecule has 10 heteroatoms. The number of carboxylic acids is 1. The van der Waals surface area contributed by atoms with Crippen LogP contribution in [0.25, 0.3) is 17.5 Å². The lowest BCUT2D eigenvalue weighted by molar-refractivity contribution is -0.137. The molecule has 0 fully saturated rings. The second-order valence-corrected chi connectivity index (χ2v) is 7.83. The lowest BCUT2D eigenvalue weighted by Gasteiger charge is -2.16. The quantitative estimate of drug-likeness (QED) is 0.179. The SMILES string of the molecule is C.C\C=C(C(=O)O)/C(F)=C\C=C\n1c(C)ccc1-c1cc(C(F)(F)F)ccc1OCc1ccc(F)cc1F. The van der Waals surface area contributed by atoms with Crippen LogP contribution in [-0.2, 0) is 17.6 Å². The molecule has 0 saturated heterocycles. The molecule has 3 aromatic rings. The summed E-state index contributed by atoms with van der Waals surface area (Å²) >= 11 is 0. The summed E-state index contributed by atoms with van der Waals surface area (Å²) in [7, 11) is 0. The molecule has 4 nitrogen and oxygen atoms in total. The molecule has 1 N–H and O–H groups in total. The normalized spacial score (nSPS) is 12.5. The molecule has 3 rings (SSSR count). The van der Waals surface area contributed by atoms with Crippen molar-refractivity contribution in [2.75, 3.05) is 0 Å². The Balaban J connectivity index is 0.00000507. The van der Waals surface area contributed by atoms with Crippen LogP contribution < -0.4 is 4.74 Å². The van der Waals surface area contributed by atoms with E-state index in [4.69, 9.17) is 9.84 Å². The van der Waals surface area contributed by atoms with E-state index in [-0.39, 0.29) is 36.6 Å². The van der Waals surface area contributed by atoms with Gasteiger partial charge in [0, 0.05) is 29.1 Å². The Kier molecular flexibility index (Phi) is 9.76. The first-order valence-corrected chi connectivity index (χ1v) is 10.8. The number of carbonyl (C=O) groups is 1. The van der Waals surface area contributed by atoms with Crippen molar-refractivity contribution in [1.29, 1.82) is 0 Å². The zero-order valence-corrected chi connectivity index (χ0v) is 19.6. The molecule has 38 heavy (non-hydrogen) atoms. The highest BCUT2D eigenvalue weighted by Gasteiger charge is 2.31. The van der Waals surface area contributed by atoms with Gasteiger partial charge in [0.05, 0.1) is 16.8 Å². The molecule has 2 aromatic carbocycles. The fraction of sp³-hybridized carbons (Fsp3) is 0.179.